The molecule has 1 atom stereocenters. The van der Waals surface area contributed by atoms with Crippen LogP contribution in [0.4, 0.5) is 0 Å². The SMILES string of the molecule is CCOC(=O)C1c2ccccc2C(=O)N1C1CCN(C(=O)c2ccco2)CC1. The zero-order chi connectivity index (χ0) is 19.7. The monoisotopic (exact) mass is 382 g/mol. The topological polar surface area (TPSA) is 80.1 Å². The number of nitrogens with zero attached hydrogens (tertiary/aromatic N) is 2. The first-order chi connectivity index (χ1) is 13.6. The molecule has 7 heteroatoms. The van der Waals surface area contributed by atoms with Crippen molar-refractivity contribution in [1.29, 1.82) is 0 Å². The lowest BCUT2D eigenvalue weighted by atomic mass is 10.0. The van der Waals surface area contributed by atoms with Gasteiger partial charge in [-0.1, -0.05) is 18.2 Å². The van der Waals surface area contributed by atoms with Crippen LogP contribution in [0.25, 0.3) is 0 Å². The molecule has 1 saturated heterocycles. The highest BCUT2D eigenvalue weighted by Gasteiger charge is 2.46. The van der Waals surface area contributed by atoms with Gasteiger partial charge in [0.2, 0.25) is 0 Å². The van der Waals surface area contributed by atoms with Crippen molar-refractivity contribution >= 4 is 17.8 Å². The molecule has 1 aromatic heterocycles. The van der Waals surface area contributed by atoms with Crippen LogP contribution in [0.1, 0.15) is 52.3 Å². The molecule has 0 radical (unpaired) electrons. The number of carbonyl (C=O) groups is 3. The molecule has 1 aromatic carbocycles. The van der Waals surface area contributed by atoms with Crippen LogP contribution in [0.2, 0.25) is 0 Å². The number of piperidine rings is 1. The van der Waals surface area contributed by atoms with Gasteiger partial charge >= 0.3 is 5.97 Å². The Balaban J connectivity index is 1.53. The number of esters is 1. The summed E-state index contributed by atoms with van der Waals surface area (Å²) in [4.78, 5) is 41.5. The molecule has 4 rings (SSSR count). The lowest BCUT2D eigenvalue weighted by molar-refractivity contribution is -0.149. The molecule has 0 N–H and O–H groups in total. The van der Waals surface area contributed by atoms with Crippen LogP contribution in [-0.4, -0.2) is 53.3 Å². The molecule has 2 aliphatic heterocycles. The van der Waals surface area contributed by atoms with Crippen molar-refractivity contribution in [2.45, 2.75) is 31.8 Å². The van der Waals surface area contributed by atoms with Crippen LogP contribution in [-0.2, 0) is 9.53 Å². The van der Waals surface area contributed by atoms with Crippen molar-refractivity contribution in [2.24, 2.45) is 0 Å². The number of hydrogen-bond donors (Lipinski definition) is 0. The van der Waals surface area contributed by atoms with Gasteiger partial charge in [-0.3, -0.25) is 9.59 Å². The zero-order valence-corrected chi connectivity index (χ0v) is 15.7. The Morgan fingerprint density at radius 1 is 1.14 bits per heavy atom. The molecule has 0 bridgehead atoms. The molecule has 7 nitrogen and oxygen atoms in total. The number of rotatable bonds is 4. The van der Waals surface area contributed by atoms with E-state index in [9.17, 15) is 14.4 Å². The van der Waals surface area contributed by atoms with E-state index in [2.05, 4.69) is 0 Å². The molecule has 28 heavy (non-hydrogen) atoms. The maximum atomic E-state index is 13.0. The predicted octanol–water partition coefficient (Wildman–Crippen LogP) is 2.64. The highest BCUT2D eigenvalue weighted by Crippen LogP contribution is 2.38. The number of benzene rings is 1. The standard InChI is InChI=1S/C21H22N2O5/c1-2-27-21(26)18-15-6-3-4-7-16(15)19(24)23(18)14-9-11-22(12-10-14)20(25)17-8-5-13-28-17/h3-8,13-14,18H,2,9-12H2,1H3. The fraction of sp³-hybridized carbons (Fsp3) is 0.381. The van der Waals surface area contributed by atoms with E-state index in [1.165, 1.54) is 6.26 Å². The quantitative estimate of drug-likeness (QED) is 0.760. The first kappa shape index (κ1) is 18.3. The molecule has 3 heterocycles. The number of carbonyl (C=O) groups excluding carboxylic acids is 3. The number of ether oxygens (including phenoxy) is 1. The summed E-state index contributed by atoms with van der Waals surface area (Å²) in [7, 11) is 0. The molecular formula is C21H22N2O5. The van der Waals surface area contributed by atoms with Crippen LogP contribution in [0, 0.1) is 0 Å². The smallest absolute Gasteiger partial charge is 0.333 e. The minimum Gasteiger partial charge on any atom is -0.464 e. The van der Waals surface area contributed by atoms with Gasteiger partial charge in [-0.05, 0) is 43.5 Å². The van der Waals surface area contributed by atoms with Gasteiger partial charge in [0.15, 0.2) is 11.8 Å². The Morgan fingerprint density at radius 3 is 2.57 bits per heavy atom. The number of furan rings is 1. The molecule has 2 amide bonds. The summed E-state index contributed by atoms with van der Waals surface area (Å²) in [5.41, 5.74) is 1.25. The van der Waals surface area contributed by atoms with Gasteiger partial charge in [-0.25, -0.2) is 4.79 Å². The van der Waals surface area contributed by atoms with Crippen molar-refractivity contribution < 1.29 is 23.5 Å². The second kappa shape index (κ2) is 7.50. The number of likely N-dealkylation sites (tertiary alicyclic amines) is 1. The van der Waals surface area contributed by atoms with Crippen LogP contribution in [0.3, 0.4) is 0 Å². The Hall–Kier alpha value is -3.09. The van der Waals surface area contributed by atoms with Crippen LogP contribution in [0.15, 0.2) is 47.1 Å². The summed E-state index contributed by atoms with van der Waals surface area (Å²) in [5, 5.41) is 0. The second-order valence-corrected chi connectivity index (χ2v) is 6.95. The van der Waals surface area contributed by atoms with E-state index in [4.69, 9.17) is 9.15 Å². The maximum absolute atomic E-state index is 13.0. The maximum Gasteiger partial charge on any atom is 0.333 e. The summed E-state index contributed by atoms with van der Waals surface area (Å²) in [6.45, 7) is 3.01. The minimum absolute atomic E-state index is 0.130. The summed E-state index contributed by atoms with van der Waals surface area (Å²) >= 11 is 0. The first-order valence-electron chi connectivity index (χ1n) is 9.52. The minimum atomic E-state index is -0.721. The molecule has 1 fully saturated rings. The third-order valence-electron chi connectivity index (χ3n) is 5.39. The molecule has 0 saturated carbocycles. The average Bonchev–Trinajstić information content (AvgIpc) is 3.35. The molecule has 2 aromatic rings. The number of fused-ring (bicyclic) bond motifs is 1. The van der Waals surface area contributed by atoms with Crippen LogP contribution < -0.4 is 0 Å². The Labute approximate surface area is 162 Å². The van der Waals surface area contributed by atoms with E-state index < -0.39 is 12.0 Å². The summed E-state index contributed by atoms with van der Waals surface area (Å²) in [6, 6.07) is 9.66. The molecule has 0 spiro atoms. The Bertz CT molecular complexity index is 884. The fourth-order valence-electron chi connectivity index (χ4n) is 4.08. The van der Waals surface area contributed by atoms with Gasteiger partial charge < -0.3 is 19.0 Å². The molecular weight excluding hydrogens is 360 g/mol. The summed E-state index contributed by atoms with van der Waals surface area (Å²) in [5.74, 6) is -0.395. The van der Waals surface area contributed by atoms with Crippen molar-refractivity contribution in [3.05, 3.63) is 59.5 Å². The van der Waals surface area contributed by atoms with Crippen molar-refractivity contribution in [1.82, 2.24) is 9.80 Å². The van der Waals surface area contributed by atoms with Crippen molar-refractivity contribution in [3.63, 3.8) is 0 Å². The third kappa shape index (κ3) is 3.06. The highest BCUT2D eigenvalue weighted by molar-refractivity contribution is 6.04. The second-order valence-electron chi connectivity index (χ2n) is 6.95. The fourth-order valence-corrected chi connectivity index (χ4v) is 4.08. The Morgan fingerprint density at radius 2 is 1.89 bits per heavy atom. The largest absolute Gasteiger partial charge is 0.464 e. The van der Waals surface area contributed by atoms with E-state index in [1.54, 1.807) is 41.0 Å². The lowest BCUT2D eigenvalue weighted by Gasteiger charge is -2.38. The van der Waals surface area contributed by atoms with Crippen molar-refractivity contribution in [2.75, 3.05) is 19.7 Å². The van der Waals surface area contributed by atoms with Gasteiger partial charge in [-0.2, -0.15) is 0 Å². The Kier molecular flexibility index (Phi) is 4.90. The van der Waals surface area contributed by atoms with Gasteiger partial charge in [0, 0.05) is 24.7 Å². The number of hydrogen-bond acceptors (Lipinski definition) is 5. The van der Waals surface area contributed by atoms with Crippen LogP contribution >= 0.6 is 0 Å². The zero-order valence-electron chi connectivity index (χ0n) is 15.7. The van der Waals surface area contributed by atoms with E-state index in [1.807, 2.05) is 12.1 Å². The molecule has 1 unspecified atom stereocenters. The molecule has 0 aliphatic carbocycles. The van der Waals surface area contributed by atoms with Gasteiger partial charge in [-0.15, -0.1) is 0 Å². The predicted molar refractivity (Wildman–Crippen MR) is 99.6 cm³/mol. The summed E-state index contributed by atoms with van der Waals surface area (Å²) < 4.78 is 10.4. The van der Waals surface area contributed by atoms with Crippen molar-refractivity contribution in [3.8, 4) is 0 Å². The van der Waals surface area contributed by atoms with Gasteiger partial charge in [0.05, 0.1) is 12.9 Å². The third-order valence-corrected chi connectivity index (χ3v) is 5.39. The van der Waals surface area contributed by atoms with E-state index >= 15 is 0 Å². The van der Waals surface area contributed by atoms with Crippen LogP contribution in [0.5, 0.6) is 0 Å². The summed E-state index contributed by atoms with van der Waals surface area (Å²) in [6.07, 6.45) is 2.67. The van der Waals surface area contributed by atoms with Gasteiger partial charge in [0.25, 0.3) is 11.8 Å². The van der Waals surface area contributed by atoms with E-state index in [0.29, 0.717) is 42.8 Å². The van der Waals surface area contributed by atoms with E-state index in [0.717, 1.165) is 0 Å². The number of amides is 2. The molecule has 146 valence electrons. The van der Waals surface area contributed by atoms with Gasteiger partial charge in [0.1, 0.15) is 0 Å². The molecule has 2 aliphatic rings. The highest BCUT2D eigenvalue weighted by atomic mass is 16.5. The normalized spacial score (nSPS) is 19.6. The lowest BCUT2D eigenvalue weighted by Crippen LogP contribution is -2.49. The van der Waals surface area contributed by atoms with E-state index in [-0.39, 0.29) is 24.5 Å². The average molecular weight is 382 g/mol. The first-order valence-corrected chi connectivity index (χ1v) is 9.52.